The normalized spacial score (nSPS) is 9.94. The lowest BCUT2D eigenvalue weighted by atomic mass is 10.2. The molecule has 3 nitrogen and oxygen atoms in total. The van der Waals surface area contributed by atoms with Crippen molar-refractivity contribution in [3.05, 3.63) is 57.7 Å². The van der Waals surface area contributed by atoms with Gasteiger partial charge in [-0.25, -0.2) is 0 Å². The van der Waals surface area contributed by atoms with Crippen LogP contribution in [0.3, 0.4) is 0 Å². The predicted molar refractivity (Wildman–Crippen MR) is 75.2 cm³/mol. The molecule has 0 atom stereocenters. The highest BCUT2D eigenvalue weighted by Gasteiger charge is 2.10. The highest BCUT2D eigenvalue weighted by atomic mass is 127. The van der Waals surface area contributed by atoms with Crippen LogP contribution >= 0.6 is 22.6 Å². The number of rotatable bonds is 2. The molecule has 0 bridgehead atoms. The Kier molecular flexibility index (Phi) is 3.63. The first-order chi connectivity index (χ1) is 8.18. The predicted octanol–water partition coefficient (Wildman–Crippen LogP) is 3.25. The Labute approximate surface area is 113 Å². The summed E-state index contributed by atoms with van der Waals surface area (Å²) >= 11 is 2.10. The summed E-state index contributed by atoms with van der Waals surface area (Å²) in [6.45, 7) is 0. The second-order valence-corrected chi connectivity index (χ2v) is 4.61. The molecule has 0 spiro atoms. The van der Waals surface area contributed by atoms with Crippen molar-refractivity contribution in [3.63, 3.8) is 0 Å². The molecule has 0 saturated carbocycles. The van der Waals surface area contributed by atoms with Crippen molar-refractivity contribution < 1.29 is 9.90 Å². The van der Waals surface area contributed by atoms with E-state index in [2.05, 4.69) is 27.9 Å². The van der Waals surface area contributed by atoms with Crippen LogP contribution in [-0.4, -0.2) is 11.0 Å². The minimum absolute atomic E-state index is 0.0618. The zero-order chi connectivity index (χ0) is 12.3. The Hall–Kier alpha value is -1.56. The van der Waals surface area contributed by atoms with Crippen LogP contribution in [0.4, 0.5) is 5.69 Å². The van der Waals surface area contributed by atoms with Crippen molar-refractivity contribution in [2.24, 2.45) is 0 Å². The molecule has 0 aromatic heterocycles. The standard InChI is InChI=1S/C13H10INO2/c14-10-6-2-1-5-9(10)13(17)15-11-7-3-4-8-12(11)16/h1-8,16H,(H,15,17). The first kappa shape index (κ1) is 11.9. The van der Waals surface area contributed by atoms with E-state index in [1.807, 2.05) is 18.2 Å². The number of phenols is 1. The summed E-state index contributed by atoms with van der Waals surface area (Å²) in [4.78, 5) is 12.0. The lowest BCUT2D eigenvalue weighted by Crippen LogP contribution is -2.13. The Morgan fingerprint density at radius 2 is 1.71 bits per heavy atom. The molecule has 4 heteroatoms. The monoisotopic (exact) mass is 339 g/mol. The average molecular weight is 339 g/mol. The van der Waals surface area contributed by atoms with Crippen LogP contribution in [-0.2, 0) is 0 Å². The van der Waals surface area contributed by atoms with Crippen LogP contribution in [0, 0.1) is 3.57 Å². The summed E-state index contributed by atoms with van der Waals surface area (Å²) < 4.78 is 0.873. The zero-order valence-electron chi connectivity index (χ0n) is 8.85. The summed E-state index contributed by atoms with van der Waals surface area (Å²) in [7, 11) is 0. The van der Waals surface area contributed by atoms with Gasteiger partial charge in [0, 0.05) is 3.57 Å². The lowest BCUT2D eigenvalue weighted by molar-refractivity contribution is 0.102. The fraction of sp³-hybridized carbons (Fsp3) is 0. The number of anilines is 1. The van der Waals surface area contributed by atoms with Gasteiger partial charge in [-0.3, -0.25) is 4.79 Å². The fourth-order valence-electron chi connectivity index (χ4n) is 1.41. The lowest BCUT2D eigenvalue weighted by Gasteiger charge is -2.07. The molecular weight excluding hydrogens is 329 g/mol. The molecule has 0 unspecified atom stereocenters. The second-order valence-electron chi connectivity index (χ2n) is 3.45. The third kappa shape index (κ3) is 2.76. The summed E-state index contributed by atoms with van der Waals surface area (Å²) in [5.41, 5.74) is 1.01. The van der Waals surface area contributed by atoms with Gasteiger partial charge in [0.2, 0.25) is 0 Å². The van der Waals surface area contributed by atoms with Crippen LogP contribution in [0.15, 0.2) is 48.5 Å². The summed E-state index contributed by atoms with van der Waals surface area (Å²) in [5.74, 6) is -0.164. The number of carbonyl (C=O) groups excluding carboxylic acids is 1. The van der Waals surface area contributed by atoms with E-state index < -0.39 is 0 Å². The minimum atomic E-state index is -0.225. The first-order valence-electron chi connectivity index (χ1n) is 5.02. The van der Waals surface area contributed by atoms with E-state index >= 15 is 0 Å². The highest BCUT2D eigenvalue weighted by molar-refractivity contribution is 14.1. The maximum absolute atomic E-state index is 12.0. The van der Waals surface area contributed by atoms with E-state index in [1.54, 1.807) is 24.3 Å². The molecule has 0 saturated heterocycles. The molecule has 0 radical (unpaired) electrons. The van der Waals surface area contributed by atoms with Crippen LogP contribution in [0.2, 0.25) is 0 Å². The van der Waals surface area contributed by atoms with Crippen LogP contribution in [0.1, 0.15) is 10.4 Å². The SMILES string of the molecule is O=C(Nc1ccccc1O)c1ccccc1I. The number of benzene rings is 2. The molecule has 17 heavy (non-hydrogen) atoms. The topological polar surface area (TPSA) is 49.3 Å². The number of hydrogen-bond acceptors (Lipinski definition) is 2. The van der Waals surface area contributed by atoms with Gasteiger partial charge in [-0.2, -0.15) is 0 Å². The number of aromatic hydroxyl groups is 1. The third-order valence-electron chi connectivity index (χ3n) is 2.27. The Balaban J connectivity index is 2.24. The van der Waals surface area contributed by atoms with E-state index in [0.717, 1.165) is 3.57 Å². The van der Waals surface area contributed by atoms with E-state index in [4.69, 9.17) is 0 Å². The molecule has 2 N–H and O–H groups in total. The van der Waals surface area contributed by atoms with Gasteiger partial charge in [-0.05, 0) is 46.9 Å². The van der Waals surface area contributed by atoms with Gasteiger partial charge in [-0.15, -0.1) is 0 Å². The van der Waals surface area contributed by atoms with Gasteiger partial charge in [0.15, 0.2) is 0 Å². The van der Waals surface area contributed by atoms with Crippen molar-refractivity contribution in [1.29, 1.82) is 0 Å². The number of para-hydroxylation sites is 2. The van der Waals surface area contributed by atoms with Gasteiger partial charge in [0.1, 0.15) is 5.75 Å². The molecule has 0 aliphatic rings. The molecule has 1 amide bonds. The molecule has 2 aromatic carbocycles. The van der Waals surface area contributed by atoms with E-state index in [-0.39, 0.29) is 11.7 Å². The largest absolute Gasteiger partial charge is 0.506 e. The maximum atomic E-state index is 12.0. The van der Waals surface area contributed by atoms with Crippen molar-refractivity contribution in [1.82, 2.24) is 0 Å². The Morgan fingerprint density at radius 3 is 2.41 bits per heavy atom. The summed E-state index contributed by atoms with van der Waals surface area (Å²) in [6.07, 6.45) is 0. The average Bonchev–Trinajstić information content (AvgIpc) is 2.32. The number of phenolic OH excluding ortho intramolecular Hbond substituents is 1. The molecular formula is C13H10INO2. The summed E-state index contributed by atoms with van der Waals surface area (Å²) in [5, 5.41) is 12.2. The van der Waals surface area contributed by atoms with Gasteiger partial charge in [0.05, 0.1) is 11.3 Å². The quantitative estimate of drug-likeness (QED) is 0.652. The Bertz CT molecular complexity index is 555. The fourth-order valence-corrected chi connectivity index (χ4v) is 2.05. The number of amides is 1. The van der Waals surface area contributed by atoms with E-state index in [1.165, 1.54) is 6.07 Å². The van der Waals surface area contributed by atoms with Crippen molar-refractivity contribution >= 4 is 34.2 Å². The smallest absolute Gasteiger partial charge is 0.256 e. The maximum Gasteiger partial charge on any atom is 0.256 e. The molecule has 0 fully saturated rings. The summed E-state index contributed by atoms with van der Waals surface area (Å²) in [6, 6.07) is 13.9. The number of hydrogen-bond donors (Lipinski definition) is 2. The number of nitrogens with one attached hydrogen (secondary N) is 1. The molecule has 0 aliphatic heterocycles. The van der Waals surface area contributed by atoms with Crippen molar-refractivity contribution in [2.45, 2.75) is 0 Å². The first-order valence-corrected chi connectivity index (χ1v) is 6.10. The van der Waals surface area contributed by atoms with Crippen molar-refractivity contribution in [2.75, 3.05) is 5.32 Å². The number of carbonyl (C=O) groups is 1. The molecule has 2 aromatic rings. The van der Waals surface area contributed by atoms with Crippen LogP contribution in [0.25, 0.3) is 0 Å². The molecule has 0 aliphatic carbocycles. The van der Waals surface area contributed by atoms with Gasteiger partial charge in [-0.1, -0.05) is 24.3 Å². The van der Waals surface area contributed by atoms with E-state index in [9.17, 15) is 9.90 Å². The zero-order valence-corrected chi connectivity index (χ0v) is 11.0. The minimum Gasteiger partial charge on any atom is -0.506 e. The molecule has 86 valence electrons. The van der Waals surface area contributed by atoms with Crippen LogP contribution < -0.4 is 5.32 Å². The Morgan fingerprint density at radius 1 is 1.06 bits per heavy atom. The molecule has 2 rings (SSSR count). The third-order valence-corrected chi connectivity index (χ3v) is 3.21. The van der Waals surface area contributed by atoms with Gasteiger partial charge >= 0.3 is 0 Å². The van der Waals surface area contributed by atoms with Crippen LogP contribution in [0.5, 0.6) is 5.75 Å². The number of halogens is 1. The molecule has 0 heterocycles. The van der Waals surface area contributed by atoms with E-state index in [0.29, 0.717) is 11.3 Å². The highest BCUT2D eigenvalue weighted by Crippen LogP contribution is 2.23. The second kappa shape index (κ2) is 5.18. The van der Waals surface area contributed by atoms with Crippen molar-refractivity contribution in [3.8, 4) is 5.75 Å². The van der Waals surface area contributed by atoms with Gasteiger partial charge < -0.3 is 10.4 Å². The van der Waals surface area contributed by atoms with Gasteiger partial charge in [0.25, 0.3) is 5.91 Å².